The maximum atomic E-state index is 14.7. The molecule has 66 heavy (non-hydrogen) atoms. The van der Waals surface area contributed by atoms with Gasteiger partial charge in [0.2, 0.25) is 5.91 Å². The monoisotopic (exact) mass is 899 g/mol. The minimum absolute atomic E-state index is 0.0129. The third-order valence-electron chi connectivity index (χ3n) is 13.5. The van der Waals surface area contributed by atoms with E-state index in [1.807, 2.05) is 45.2 Å². The summed E-state index contributed by atoms with van der Waals surface area (Å²) in [4.78, 5) is 63.4. The van der Waals surface area contributed by atoms with Crippen molar-refractivity contribution in [3.63, 3.8) is 0 Å². The molecule has 4 aromatic rings. The lowest BCUT2D eigenvalue weighted by molar-refractivity contribution is -0.155. The molecule has 4 aliphatic rings. The van der Waals surface area contributed by atoms with Gasteiger partial charge in [-0.1, -0.05) is 52.0 Å². The number of cyclic esters (lactones) is 1. The van der Waals surface area contributed by atoms with E-state index in [1.54, 1.807) is 38.4 Å². The van der Waals surface area contributed by atoms with Crippen molar-refractivity contribution in [2.75, 3.05) is 33.9 Å². The Morgan fingerprint density at radius 1 is 1.05 bits per heavy atom. The smallest absolute Gasteiger partial charge is 0.324 e. The number of nitrogens with zero attached hydrogens (tertiary/aromatic N) is 4. The Morgan fingerprint density at radius 3 is 2.50 bits per heavy atom. The fraction of sp³-hybridized carbons (Fsp3) is 0.481. The number of nitrogens with one attached hydrogen (secondary N) is 3. The summed E-state index contributed by atoms with van der Waals surface area (Å²) in [6.45, 7) is 14.1. The van der Waals surface area contributed by atoms with Gasteiger partial charge in [-0.15, -0.1) is 0 Å². The van der Waals surface area contributed by atoms with Gasteiger partial charge in [-0.05, 0) is 116 Å². The van der Waals surface area contributed by atoms with Crippen molar-refractivity contribution in [3.8, 4) is 16.9 Å². The highest BCUT2D eigenvalue weighted by atomic mass is 16.5. The number of phenols is 1. The number of aromatic nitrogens is 1. The number of allylic oxidation sites excluding steroid dienone is 1. The third kappa shape index (κ3) is 9.68. The number of aliphatic imine (C=N–C) groups is 1. The second kappa shape index (κ2) is 19.2. The summed E-state index contributed by atoms with van der Waals surface area (Å²) in [6.07, 6.45) is 4.93. The number of methoxy groups -OCH3 is 1. The summed E-state index contributed by atoms with van der Waals surface area (Å²) in [5.74, 6) is -2.01. The Morgan fingerprint density at radius 2 is 1.80 bits per heavy atom. The van der Waals surface area contributed by atoms with Crippen LogP contribution in [0.2, 0.25) is 0 Å². The Labute approximate surface area is 387 Å². The number of fused-ring (bicyclic) bond motifs is 6. The Hall–Kier alpha value is -5.83. The molecule has 14 nitrogen and oxygen atoms in total. The van der Waals surface area contributed by atoms with Gasteiger partial charge in [-0.2, -0.15) is 0 Å². The molecular weight excluding hydrogens is 835 g/mol. The van der Waals surface area contributed by atoms with Gasteiger partial charge in [0.15, 0.2) is 0 Å². The van der Waals surface area contributed by atoms with Crippen LogP contribution in [-0.4, -0.2) is 108 Å². The van der Waals surface area contributed by atoms with Crippen LogP contribution in [-0.2, 0) is 43.2 Å². The number of hydrogen-bond acceptors (Lipinski definition) is 10. The van der Waals surface area contributed by atoms with Crippen molar-refractivity contribution in [2.24, 2.45) is 16.3 Å². The van der Waals surface area contributed by atoms with Gasteiger partial charge >= 0.3 is 5.97 Å². The van der Waals surface area contributed by atoms with Crippen LogP contribution in [0.5, 0.6) is 5.75 Å². The molecule has 2 saturated heterocycles. The Balaban J connectivity index is 1.20. The first kappa shape index (κ1) is 46.7. The van der Waals surface area contributed by atoms with Gasteiger partial charge < -0.3 is 34.7 Å². The van der Waals surface area contributed by atoms with Gasteiger partial charge in [-0.25, -0.2) is 5.43 Å². The lowest BCUT2D eigenvalue weighted by Gasteiger charge is -2.36. The van der Waals surface area contributed by atoms with Gasteiger partial charge in [0.05, 0.1) is 24.1 Å². The third-order valence-corrected chi connectivity index (χ3v) is 13.5. The molecule has 0 aliphatic carbocycles. The molecule has 4 N–H and O–H groups in total. The highest BCUT2D eigenvalue weighted by molar-refractivity contribution is 5.99. The zero-order valence-corrected chi connectivity index (χ0v) is 39.6. The predicted octanol–water partition coefficient (Wildman–Crippen LogP) is 6.73. The van der Waals surface area contributed by atoms with Crippen molar-refractivity contribution in [2.45, 2.75) is 117 Å². The van der Waals surface area contributed by atoms with E-state index < -0.39 is 41.3 Å². The largest absolute Gasteiger partial charge is 0.508 e. The molecule has 0 saturated carbocycles. The first-order valence-corrected chi connectivity index (χ1v) is 23.5. The highest BCUT2D eigenvalue weighted by Crippen LogP contribution is 2.42. The van der Waals surface area contributed by atoms with Crippen LogP contribution >= 0.6 is 0 Å². The SMILES string of the molecule is CCn1c(C2=C([C@H](C)OC)N=CCC2)c2c3cc(ccc31)-c1cc(O)cc(c1)C[C@H](NC(=O)[C@H](C(C)C)N(C)C(=O)c1ccc([C@@H]3CN3)cc1)C(=O)N1CCC[C@H](N1)C(=O)OCC(C)(C)C2. The number of aromatic hydroxyl groups is 1. The molecule has 3 aromatic carbocycles. The lowest BCUT2D eigenvalue weighted by Crippen LogP contribution is -2.62. The number of carbonyl (C=O) groups is 4. The molecule has 14 heteroatoms. The number of phenolic OH excluding ortho intramolecular Hbond substituents is 1. The molecule has 5 heterocycles. The summed E-state index contributed by atoms with van der Waals surface area (Å²) in [7, 11) is 3.31. The van der Waals surface area contributed by atoms with Crippen molar-refractivity contribution < 1.29 is 33.8 Å². The average Bonchev–Trinajstić information content (AvgIpc) is 4.12. The van der Waals surface area contributed by atoms with E-state index in [0.717, 1.165) is 69.5 Å². The molecule has 0 spiro atoms. The first-order chi connectivity index (χ1) is 31.6. The molecule has 350 valence electrons. The minimum atomic E-state index is -1.13. The summed E-state index contributed by atoms with van der Waals surface area (Å²) in [6, 6.07) is 16.5. The fourth-order valence-corrected chi connectivity index (χ4v) is 10.00. The van der Waals surface area contributed by atoms with Gasteiger partial charge in [0, 0.05) is 79.9 Å². The van der Waals surface area contributed by atoms with Gasteiger partial charge in [0.25, 0.3) is 11.8 Å². The number of ether oxygens (including phenoxy) is 2. The molecule has 4 aliphatic heterocycles. The molecule has 0 radical (unpaired) electrons. The summed E-state index contributed by atoms with van der Waals surface area (Å²) in [5.41, 5.74) is 11.7. The zero-order valence-electron chi connectivity index (χ0n) is 39.6. The Kier molecular flexibility index (Phi) is 13.6. The highest BCUT2D eigenvalue weighted by Gasteiger charge is 2.38. The first-order valence-electron chi connectivity index (χ1n) is 23.5. The molecule has 6 bridgehead atoms. The number of benzene rings is 3. The van der Waals surface area contributed by atoms with Crippen LogP contribution in [0, 0.1) is 11.3 Å². The number of carbonyl (C=O) groups excluding carboxylic acids is 4. The molecule has 3 amide bonds. The molecule has 0 unspecified atom stereocenters. The van der Waals surface area contributed by atoms with E-state index in [2.05, 4.69) is 59.6 Å². The quantitative estimate of drug-likeness (QED) is 0.0993. The maximum Gasteiger partial charge on any atom is 0.324 e. The molecule has 2 fully saturated rings. The van der Waals surface area contributed by atoms with E-state index >= 15 is 0 Å². The van der Waals surface area contributed by atoms with Crippen LogP contribution in [0.4, 0.5) is 0 Å². The van der Waals surface area contributed by atoms with E-state index in [9.17, 15) is 24.3 Å². The second-order valence-electron chi connectivity index (χ2n) is 19.5. The van der Waals surface area contributed by atoms with Crippen LogP contribution in [0.15, 0.2) is 71.4 Å². The Bertz CT molecular complexity index is 2570. The summed E-state index contributed by atoms with van der Waals surface area (Å²) >= 11 is 0. The van der Waals surface area contributed by atoms with Crippen molar-refractivity contribution >= 4 is 46.4 Å². The van der Waals surface area contributed by atoms with Crippen molar-refractivity contribution in [1.29, 1.82) is 0 Å². The van der Waals surface area contributed by atoms with Crippen LogP contribution in [0.1, 0.15) is 106 Å². The van der Waals surface area contributed by atoms with E-state index in [-0.39, 0.29) is 36.7 Å². The average molecular weight is 900 g/mol. The lowest BCUT2D eigenvalue weighted by atomic mass is 9.83. The summed E-state index contributed by atoms with van der Waals surface area (Å²) in [5, 5.41) is 20.1. The number of likely N-dealkylation sites (N-methyl/N-ethyl adjacent to an activating group) is 1. The van der Waals surface area contributed by atoms with Crippen molar-refractivity contribution in [1.82, 2.24) is 30.5 Å². The maximum absolute atomic E-state index is 14.7. The van der Waals surface area contributed by atoms with Crippen LogP contribution < -0.4 is 16.1 Å². The molecule has 8 rings (SSSR count). The molecular formula is C52H65N7O7. The van der Waals surface area contributed by atoms with Crippen LogP contribution in [0.25, 0.3) is 27.6 Å². The number of rotatable bonds is 10. The van der Waals surface area contributed by atoms with Crippen LogP contribution in [0.3, 0.4) is 0 Å². The number of esters is 1. The summed E-state index contributed by atoms with van der Waals surface area (Å²) < 4.78 is 14.3. The fourth-order valence-electron chi connectivity index (χ4n) is 10.00. The minimum Gasteiger partial charge on any atom is -0.508 e. The number of aryl methyl sites for hydroxylation is 1. The van der Waals surface area contributed by atoms with E-state index in [0.29, 0.717) is 49.5 Å². The normalized spacial score (nSPS) is 21.9. The van der Waals surface area contributed by atoms with E-state index in [4.69, 9.17) is 14.5 Å². The second-order valence-corrected chi connectivity index (χ2v) is 19.5. The molecule has 1 aromatic heterocycles. The number of hydrogen-bond donors (Lipinski definition) is 4. The topological polar surface area (TPSA) is 177 Å². The number of amides is 3. The molecule has 5 atom stereocenters. The zero-order chi connectivity index (χ0) is 47.0. The van der Waals surface area contributed by atoms with E-state index in [1.165, 1.54) is 9.91 Å². The number of hydrazine groups is 1. The standard InChI is InChI=1S/C52H65N7O7/c1-9-58-44-19-18-35-26-39(44)40(47(58)38-12-10-20-53-45(38)31(4)65-8)27-52(5,6)29-66-51(64)41-13-11-21-59(56-41)50(63)42(24-32-22-36(35)25-37(60)23-32)55-48(61)46(30(2)3)57(7)49(62)34-16-14-33(15-17-34)43-28-54-43/h14-20,22-23,25-26,30-31,41-43,46,54,56,60H,9-13,21,24,27-29H2,1-8H3,(H,55,61)/t31-,41-,42-,43-,46-/m0/s1. The van der Waals surface area contributed by atoms with Crippen molar-refractivity contribution in [3.05, 3.63) is 94.3 Å². The van der Waals surface area contributed by atoms with Gasteiger partial charge in [0.1, 0.15) is 23.9 Å². The predicted molar refractivity (Wildman–Crippen MR) is 256 cm³/mol. The van der Waals surface area contributed by atoms with Gasteiger partial charge in [-0.3, -0.25) is 29.2 Å².